The van der Waals surface area contributed by atoms with Gasteiger partial charge in [0.2, 0.25) is 0 Å². The van der Waals surface area contributed by atoms with Gasteiger partial charge in [0, 0.05) is 23.1 Å². The van der Waals surface area contributed by atoms with E-state index in [4.69, 9.17) is 9.47 Å². The van der Waals surface area contributed by atoms with Crippen LogP contribution in [0.3, 0.4) is 0 Å². The van der Waals surface area contributed by atoms with Crippen molar-refractivity contribution in [3.05, 3.63) is 52.2 Å². The highest BCUT2D eigenvalue weighted by Crippen LogP contribution is 2.34. The fourth-order valence-corrected chi connectivity index (χ4v) is 4.02. The Kier molecular flexibility index (Phi) is 6.12. The third kappa shape index (κ3) is 4.22. The summed E-state index contributed by atoms with van der Waals surface area (Å²) in [6.07, 6.45) is 1.69. The second kappa shape index (κ2) is 8.57. The number of esters is 1. The molecule has 1 fully saturated rings. The summed E-state index contributed by atoms with van der Waals surface area (Å²) in [5.74, 6) is -0.344. The number of aromatic nitrogens is 1. The monoisotopic (exact) mass is 414 g/mol. The number of imide groups is 1. The number of rotatable bonds is 6. The molecule has 7 nitrogen and oxygen atoms in total. The van der Waals surface area contributed by atoms with Crippen LogP contribution < -0.4 is 4.74 Å². The van der Waals surface area contributed by atoms with Gasteiger partial charge in [-0.2, -0.15) is 0 Å². The Morgan fingerprint density at radius 3 is 2.66 bits per heavy atom. The van der Waals surface area contributed by atoms with Gasteiger partial charge in [0.15, 0.2) is 0 Å². The Labute approximate surface area is 173 Å². The molecule has 0 aliphatic carbocycles. The van der Waals surface area contributed by atoms with Gasteiger partial charge < -0.3 is 14.0 Å². The quantitative estimate of drug-likeness (QED) is 0.530. The largest absolute Gasteiger partial charge is 0.497 e. The molecule has 3 rings (SSSR count). The maximum atomic E-state index is 12.6. The molecule has 2 heterocycles. The van der Waals surface area contributed by atoms with Gasteiger partial charge in [-0.05, 0) is 62.4 Å². The molecule has 1 aliphatic rings. The fraction of sp³-hybridized carbons (Fsp3) is 0.286. The van der Waals surface area contributed by atoms with Crippen molar-refractivity contribution in [2.24, 2.45) is 0 Å². The van der Waals surface area contributed by atoms with Crippen molar-refractivity contribution in [2.45, 2.75) is 20.8 Å². The minimum Gasteiger partial charge on any atom is -0.497 e. The minimum atomic E-state index is -0.604. The van der Waals surface area contributed by atoms with Gasteiger partial charge in [-0.25, -0.2) is 0 Å². The van der Waals surface area contributed by atoms with E-state index in [2.05, 4.69) is 4.57 Å². The van der Waals surface area contributed by atoms with Crippen LogP contribution >= 0.6 is 11.8 Å². The molecule has 0 spiro atoms. The van der Waals surface area contributed by atoms with Crippen molar-refractivity contribution in [2.75, 3.05) is 20.3 Å². The highest BCUT2D eigenvalue weighted by molar-refractivity contribution is 8.18. The van der Waals surface area contributed by atoms with Crippen LogP contribution in [0.1, 0.15) is 23.9 Å². The summed E-state index contributed by atoms with van der Waals surface area (Å²) in [4.78, 5) is 37.6. The lowest BCUT2D eigenvalue weighted by molar-refractivity contribution is -0.145. The highest BCUT2D eigenvalue weighted by atomic mass is 32.2. The zero-order chi connectivity index (χ0) is 21.1. The normalized spacial score (nSPS) is 15.3. The summed E-state index contributed by atoms with van der Waals surface area (Å²) in [5, 5.41) is -0.476. The maximum absolute atomic E-state index is 12.6. The molecule has 0 radical (unpaired) electrons. The smallest absolute Gasteiger partial charge is 0.326 e. The first kappa shape index (κ1) is 20.7. The summed E-state index contributed by atoms with van der Waals surface area (Å²) in [5.41, 5.74) is 3.67. The number of benzene rings is 1. The molecule has 0 saturated carbocycles. The number of thioether (sulfide) groups is 1. The molecule has 1 aromatic heterocycles. The van der Waals surface area contributed by atoms with Gasteiger partial charge in [-0.15, -0.1) is 0 Å². The van der Waals surface area contributed by atoms with Gasteiger partial charge in [0.1, 0.15) is 12.3 Å². The van der Waals surface area contributed by atoms with E-state index >= 15 is 0 Å². The summed E-state index contributed by atoms with van der Waals surface area (Å²) >= 11 is 0.824. The number of methoxy groups -OCH3 is 1. The second-order valence-electron chi connectivity index (χ2n) is 6.44. The van der Waals surface area contributed by atoms with Crippen molar-refractivity contribution >= 4 is 35.0 Å². The molecule has 0 atom stereocenters. The van der Waals surface area contributed by atoms with E-state index in [1.165, 1.54) is 0 Å². The minimum absolute atomic E-state index is 0.196. The average Bonchev–Trinajstić information content (AvgIpc) is 3.11. The second-order valence-corrected chi connectivity index (χ2v) is 7.43. The van der Waals surface area contributed by atoms with Crippen LogP contribution in [0.4, 0.5) is 4.79 Å². The molecule has 0 bridgehead atoms. The molecule has 29 heavy (non-hydrogen) atoms. The van der Waals surface area contributed by atoms with E-state index in [0.717, 1.165) is 45.1 Å². The van der Waals surface area contributed by atoms with E-state index in [1.807, 2.05) is 44.2 Å². The summed E-state index contributed by atoms with van der Waals surface area (Å²) in [6.45, 7) is 5.40. The Bertz CT molecular complexity index is 1010. The van der Waals surface area contributed by atoms with Gasteiger partial charge in [0.05, 0.1) is 18.6 Å². The van der Waals surface area contributed by atoms with Crippen LogP contribution in [-0.4, -0.2) is 46.8 Å². The highest BCUT2D eigenvalue weighted by Gasteiger charge is 2.36. The maximum Gasteiger partial charge on any atom is 0.326 e. The van der Waals surface area contributed by atoms with Crippen molar-refractivity contribution in [1.29, 1.82) is 0 Å². The molecule has 2 aromatic rings. The number of amides is 2. The Morgan fingerprint density at radius 2 is 1.97 bits per heavy atom. The zero-order valence-corrected chi connectivity index (χ0v) is 17.5. The molecule has 1 aromatic carbocycles. The van der Waals surface area contributed by atoms with E-state index in [-0.39, 0.29) is 18.1 Å². The molecule has 2 amide bonds. The lowest BCUT2D eigenvalue weighted by Gasteiger charge is -2.11. The molecule has 0 N–H and O–H groups in total. The lowest BCUT2D eigenvalue weighted by Crippen LogP contribution is -2.34. The number of hydrogen-bond donors (Lipinski definition) is 0. The van der Waals surface area contributed by atoms with Gasteiger partial charge >= 0.3 is 5.97 Å². The van der Waals surface area contributed by atoms with Crippen LogP contribution in [0.2, 0.25) is 0 Å². The van der Waals surface area contributed by atoms with E-state index < -0.39 is 17.1 Å². The fourth-order valence-electron chi connectivity index (χ4n) is 3.19. The standard InChI is InChI=1S/C21H22N2O5S/c1-5-28-19(24)12-22-20(25)18(29-21(22)26)10-15-9-13(2)23(14(15)3)16-7-6-8-17(11-16)27-4/h6-11H,5,12H2,1-4H3/b18-10-. The predicted octanol–water partition coefficient (Wildman–Crippen LogP) is 3.70. The predicted molar refractivity (Wildman–Crippen MR) is 111 cm³/mol. The number of hydrogen-bond acceptors (Lipinski definition) is 6. The average molecular weight is 414 g/mol. The molecule has 1 saturated heterocycles. The molecular weight excluding hydrogens is 392 g/mol. The van der Waals surface area contributed by atoms with Crippen molar-refractivity contribution in [3.8, 4) is 11.4 Å². The summed E-state index contributed by atoms with van der Waals surface area (Å²) in [7, 11) is 1.62. The summed E-state index contributed by atoms with van der Waals surface area (Å²) in [6, 6.07) is 9.64. The van der Waals surface area contributed by atoms with Gasteiger partial charge in [-0.3, -0.25) is 19.3 Å². The first-order valence-corrected chi connectivity index (χ1v) is 9.91. The van der Waals surface area contributed by atoms with Crippen LogP contribution in [0.5, 0.6) is 5.75 Å². The third-order valence-corrected chi connectivity index (χ3v) is 5.44. The summed E-state index contributed by atoms with van der Waals surface area (Å²) < 4.78 is 12.2. The van der Waals surface area contributed by atoms with Gasteiger partial charge in [0.25, 0.3) is 11.1 Å². The molecule has 152 valence electrons. The van der Waals surface area contributed by atoms with Crippen molar-refractivity contribution in [3.63, 3.8) is 0 Å². The van der Waals surface area contributed by atoms with Crippen LogP contribution in [-0.2, 0) is 14.3 Å². The number of carbonyl (C=O) groups is 3. The van der Waals surface area contributed by atoms with Crippen LogP contribution in [0.15, 0.2) is 35.2 Å². The molecule has 8 heteroatoms. The molecule has 1 aliphatic heterocycles. The first-order chi connectivity index (χ1) is 13.8. The van der Waals surface area contributed by atoms with Crippen LogP contribution in [0.25, 0.3) is 11.8 Å². The van der Waals surface area contributed by atoms with Crippen molar-refractivity contribution < 1.29 is 23.9 Å². The van der Waals surface area contributed by atoms with Crippen molar-refractivity contribution in [1.82, 2.24) is 9.47 Å². The van der Waals surface area contributed by atoms with Gasteiger partial charge in [-0.1, -0.05) is 6.07 Å². The SMILES string of the molecule is CCOC(=O)CN1C(=O)S/C(=C\c2cc(C)n(-c3cccc(OC)c3)c2C)C1=O. The first-order valence-electron chi connectivity index (χ1n) is 9.10. The number of aryl methyl sites for hydroxylation is 1. The Morgan fingerprint density at radius 1 is 1.21 bits per heavy atom. The number of carbonyl (C=O) groups excluding carboxylic acids is 3. The number of ether oxygens (including phenoxy) is 2. The Balaban J connectivity index is 1.90. The topological polar surface area (TPSA) is 77.8 Å². The van der Waals surface area contributed by atoms with E-state index in [1.54, 1.807) is 20.1 Å². The lowest BCUT2D eigenvalue weighted by atomic mass is 10.2. The zero-order valence-electron chi connectivity index (χ0n) is 16.7. The number of nitrogens with zero attached hydrogens (tertiary/aromatic N) is 2. The third-order valence-electron chi connectivity index (χ3n) is 4.53. The molecular formula is C21H22N2O5S. The molecule has 0 unspecified atom stereocenters. The van der Waals surface area contributed by atoms with Crippen LogP contribution in [0, 0.1) is 13.8 Å². The van der Waals surface area contributed by atoms with E-state index in [0.29, 0.717) is 0 Å². The Hall–Kier alpha value is -3.00. The van der Waals surface area contributed by atoms with E-state index in [9.17, 15) is 14.4 Å².